The number of para-hydroxylation sites is 1. The van der Waals surface area contributed by atoms with Gasteiger partial charge in [-0.05, 0) is 43.0 Å². The van der Waals surface area contributed by atoms with Crippen molar-refractivity contribution in [3.05, 3.63) is 95.6 Å². The quantitative estimate of drug-likeness (QED) is 0.362. The average molecular weight is 431 g/mol. The van der Waals surface area contributed by atoms with Crippen LogP contribution in [0.25, 0.3) is 10.9 Å². The molecule has 1 amide bonds. The first-order valence-corrected chi connectivity index (χ1v) is 11.7. The van der Waals surface area contributed by atoms with Gasteiger partial charge in [-0.1, -0.05) is 71.9 Å². The lowest BCUT2D eigenvalue weighted by atomic mass is 10.1. The first-order valence-electron chi connectivity index (χ1n) is 9.68. The van der Waals surface area contributed by atoms with Gasteiger partial charge in [-0.25, -0.2) is 4.98 Å². The van der Waals surface area contributed by atoms with Crippen LogP contribution >= 0.6 is 23.5 Å². The largest absolute Gasteiger partial charge is 0.348 e. The maximum atomic E-state index is 13.1. The van der Waals surface area contributed by atoms with Crippen LogP contribution in [0.1, 0.15) is 21.5 Å². The molecule has 0 aliphatic carbocycles. The summed E-state index contributed by atoms with van der Waals surface area (Å²) in [6.45, 7) is 2.55. The van der Waals surface area contributed by atoms with E-state index in [-0.39, 0.29) is 5.91 Å². The maximum absolute atomic E-state index is 13.1. The zero-order valence-electron chi connectivity index (χ0n) is 16.9. The Hall–Kier alpha value is -2.76. The highest BCUT2D eigenvalue weighted by Gasteiger charge is 2.14. The fraction of sp³-hybridized carbons (Fsp3) is 0.120. The molecule has 30 heavy (non-hydrogen) atoms. The second kappa shape index (κ2) is 9.37. The van der Waals surface area contributed by atoms with E-state index in [4.69, 9.17) is 4.98 Å². The van der Waals surface area contributed by atoms with Crippen molar-refractivity contribution in [1.29, 1.82) is 0 Å². The normalized spacial score (nSPS) is 10.9. The number of carbonyl (C=O) groups excluding carboxylic acids is 1. The van der Waals surface area contributed by atoms with Gasteiger partial charge in [0.15, 0.2) is 0 Å². The second-order valence-electron chi connectivity index (χ2n) is 6.95. The fourth-order valence-electron chi connectivity index (χ4n) is 3.19. The highest BCUT2D eigenvalue weighted by Crippen LogP contribution is 2.35. The summed E-state index contributed by atoms with van der Waals surface area (Å²) in [6.07, 6.45) is 2.07. The monoisotopic (exact) mass is 430 g/mol. The molecule has 0 aliphatic rings. The Kier molecular flexibility index (Phi) is 6.41. The van der Waals surface area contributed by atoms with Crippen molar-refractivity contribution < 1.29 is 4.79 Å². The number of amides is 1. The minimum atomic E-state index is -0.0887. The number of carbonyl (C=O) groups is 1. The van der Waals surface area contributed by atoms with Crippen molar-refractivity contribution in [1.82, 2.24) is 10.3 Å². The van der Waals surface area contributed by atoms with Crippen molar-refractivity contribution in [2.24, 2.45) is 0 Å². The van der Waals surface area contributed by atoms with Crippen molar-refractivity contribution in [2.75, 3.05) is 6.26 Å². The number of aryl methyl sites for hydroxylation is 1. The van der Waals surface area contributed by atoms with Crippen LogP contribution < -0.4 is 5.32 Å². The molecule has 1 aromatic heterocycles. The molecule has 0 saturated carbocycles. The van der Waals surface area contributed by atoms with Crippen LogP contribution in [-0.2, 0) is 6.54 Å². The van der Waals surface area contributed by atoms with Gasteiger partial charge in [0.05, 0.1) is 11.1 Å². The molecule has 0 fully saturated rings. The molecule has 0 radical (unpaired) electrons. The topological polar surface area (TPSA) is 42.0 Å². The summed E-state index contributed by atoms with van der Waals surface area (Å²) in [5.41, 5.74) is 3.76. The highest BCUT2D eigenvalue weighted by atomic mass is 32.2. The van der Waals surface area contributed by atoms with E-state index in [9.17, 15) is 4.79 Å². The van der Waals surface area contributed by atoms with E-state index in [1.54, 1.807) is 23.5 Å². The number of nitrogens with one attached hydrogen (secondary N) is 1. The maximum Gasteiger partial charge on any atom is 0.252 e. The van der Waals surface area contributed by atoms with Gasteiger partial charge in [0.2, 0.25) is 0 Å². The number of hydrogen-bond acceptors (Lipinski definition) is 4. The molecule has 150 valence electrons. The minimum Gasteiger partial charge on any atom is -0.348 e. The van der Waals surface area contributed by atoms with Gasteiger partial charge in [-0.3, -0.25) is 4.79 Å². The molecule has 3 nitrogen and oxygen atoms in total. The smallest absolute Gasteiger partial charge is 0.252 e. The molecule has 1 N–H and O–H groups in total. The van der Waals surface area contributed by atoms with Gasteiger partial charge in [0.1, 0.15) is 5.03 Å². The van der Waals surface area contributed by atoms with Gasteiger partial charge < -0.3 is 5.32 Å². The van der Waals surface area contributed by atoms with E-state index in [0.717, 1.165) is 26.4 Å². The summed E-state index contributed by atoms with van der Waals surface area (Å²) < 4.78 is 0. The molecule has 0 bridgehead atoms. The number of hydrogen-bond donors (Lipinski definition) is 1. The Labute approximate surface area is 185 Å². The van der Waals surface area contributed by atoms with Crippen LogP contribution in [0.4, 0.5) is 0 Å². The minimum absolute atomic E-state index is 0.0887. The summed E-state index contributed by atoms with van der Waals surface area (Å²) in [7, 11) is 0. The summed E-state index contributed by atoms with van der Waals surface area (Å²) in [6, 6.07) is 26.1. The van der Waals surface area contributed by atoms with Crippen LogP contribution in [0.2, 0.25) is 0 Å². The van der Waals surface area contributed by atoms with Gasteiger partial charge in [0, 0.05) is 21.7 Å². The number of pyridine rings is 1. The molecule has 3 aromatic carbocycles. The lowest BCUT2D eigenvalue weighted by molar-refractivity contribution is 0.0952. The number of fused-ring (bicyclic) bond motifs is 1. The van der Waals surface area contributed by atoms with E-state index in [1.807, 2.05) is 54.6 Å². The zero-order chi connectivity index (χ0) is 20.9. The van der Waals surface area contributed by atoms with Crippen LogP contribution in [0, 0.1) is 6.92 Å². The van der Waals surface area contributed by atoms with E-state index in [0.29, 0.717) is 12.1 Å². The van der Waals surface area contributed by atoms with Crippen LogP contribution in [0.15, 0.2) is 93.7 Å². The third-order valence-electron chi connectivity index (χ3n) is 4.79. The third-order valence-corrected chi connectivity index (χ3v) is 6.71. The predicted molar refractivity (Wildman–Crippen MR) is 126 cm³/mol. The number of rotatable bonds is 6. The molecule has 0 saturated heterocycles. The van der Waals surface area contributed by atoms with Gasteiger partial charge >= 0.3 is 0 Å². The number of thioether (sulfide) groups is 1. The molecular weight excluding hydrogens is 408 g/mol. The molecule has 5 heteroatoms. The summed E-state index contributed by atoms with van der Waals surface area (Å²) in [5.74, 6) is -0.0887. The lowest BCUT2D eigenvalue weighted by Gasteiger charge is -2.11. The fourth-order valence-corrected chi connectivity index (χ4v) is 4.91. The summed E-state index contributed by atoms with van der Waals surface area (Å²) in [4.78, 5) is 20.2. The van der Waals surface area contributed by atoms with Crippen molar-refractivity contribution in [3.8, 4) is 0 Å². The standard InChI is InChI=1S/C25H22N2OS2/c1-17-11-13-18(14-12-17)16-26-25(28)20-15-24(27-21-8-4-3-7-19(20)21)30-23-10-6-5-9-22(23)29-2/h3-15H,16H2,1-2H3,(H,26,28). The number of aromatic nitrogens is 1. The van der Waals surface area contributed by atoms with E-state index >= 15 is 0 Å². The van der Waals surface area contributed by atoms with Crippen LogP contribution in [0.5, 0.6) is 0 Å². The Bertz CT molecular complexity index is 1190. The summed E-state index contributed by atoms with van der Waals surface area (Å²) >= 11 is 3.30. The zero-order valence-corrected chi connectivity index (χ0v) is 18.5. The van der Waals surface area contributed by atoms with E-state index < -0.39 is 0 Å². The molecule has 0 aliphatic heterocycles. The second-order valence-corrected chi connectivity index (χ2v) is 8.86. The van der Waals surface area contributed by atoms with Crippen molar-refractivity contribution in [3.63, 3.8) is 0 Å². The van der Waals surface area contributed by atoms with E-state index in [1.165, 1.54) is 10.5 Å². The van der Waals surface area contributed by atoms with Crippen LogP contribution in [-0.4, -0.2) is 17.1 Å². The van der Waals surface area contributed by atoms with Gasteiger partial charge in [-0.2, -0.15) is 0 Å². The summed E-state index contributed by atoms with van der Waals surface area (Å²) in [5, 5.41) is 4.74. The Morgan fingerprint density at radius 1 is 0.933 bits per heavy atom. The van der Waals surface area contributed by atoms with Crippen molar-refractivity contribution >= 4 is 40.3 Å². The molecule has 0 unspecified atom stereocenters. The molecule has 4 aromatic rings. The molecule has 1 heterocycles. The molecule has 4 rings (SSSR count). The van der Waals surface area contributed by atoms with E-state index in [2.05, 4.69) is 42.8 Å². The first-order chi connectivity index (χ1) is 14.6. The highest BCUT2D eigenvalue weighted by molar-refractivity contribution is 8.02. The van der Waals surface area contributed by atoms with Gasteiger partial charge in [-0.15, -0.1) is 11.8 Å². The Morgan fingerprint density at radius 3 is 2.40 bits per heavy atom. The SMILES string of the molecule is CSc1ccccc1Sc1cc(C(=O)NCc2ccc(C)cc2)c2ccccc2n1. The molecule has 0 atom stereocenters. The predicted octanol–water partition coefficient (Wildman–Crippen LogP) is 6.35. The number of benzene rings is 3. The lowest BCUT2D eigenvalue weighted by Crippen LogP contribution is -2.23. The van der Waals surface area contributed by atoms with Gasteiger partial charge in [0.25, 0.3) is 5.91 Å². The Morgan fingerprint density at radius 2 is 1.63 bits per heavy atom. The molecular formula is C25H22N2OS2. The van der Waals surface area contributed by atoms with Crippen LogP contribution in [0.3, 0.4) is 0 Å². The Balaban J connectivity index is 1.64. The molecule has 0 spiro atoms. The number of nitrogens with zero attached hydrogens (tertiary/aromatic N) is 1. The average Bonchev–Trinajstić information content (AvgIpc) is 2.78. The third kappa shape index (κ3) is 4.69. The van der Waals surface area contributed by atoms with Crippen molar-refractivity contribution in [2.45, 2.75) is 28.3 Å². The first kappa shape index (κ1) is 20.5.